The van der Waals surface area contributed by atoms with Crippen LogP contribution < -0.4 is 5.32 Å². The van der Waals surface area contributed by atoms with Gasteiger partial charge in [0.25, 0.3) is 0 Å². The highest BCUT2D eigenvalue weighted by molar-refractivity contribution is 7.89. The Hall–Kier alpha value is -1.97. The molecule has 2 aromatic rings. The molecule has 0 aromatic heterocycles. The average molecular weight is 538 g/mol. The Labute approximate surface area is 222 Å². The van der Waals surface area contributed by atoms with Gasteiger partial charge in [-0.2, -0.15) is 0 Å². The number of likely N-dealkylation sites (N-methyl/N-ethyl adjacent to an activating group) is 1. The maximum absolute atomic E-state index is 13.2. The highest BCUT2D eigenvalue weighted by Crippen LogP contribution is 2.27. The molecule has 0 bridgehead atoms. The fourth-order valence-electron chi connectivity index (χ4n) is 4.79. The van der Waals surface area contributed by atoms with Gasteiger partial charge in [-0.15, -0.1) is 12.4 Å². The van der Waals surface area contributed by atoms with E-state index in [1.165, 1.54) is 4.31 Å². The Morgan fingerprint density at radius 3 is 2.36 bits per heavy atom. The molecule has 1 aliphatic heterocycles. The number of carbonyl (C=O) groups excluding carboxylic acids is 1. The number of halogens is 1. The highest BCUT2D eigenvalue weighted by atomic mass is 35.5. The van der Waals surface area contributed by atoms with Gasteiger partial charge in [0.15, 0.2) is 0 Å². The smallest absolute Gasteiger partial charge is 0.309 e. The summed E-state index contributed by atoms with van der Waals surface area (Å²) in [5.74, 6) is -0.142. The molecule has 36 heavy (non-hydrogen) atoms. The summed E-state index contributed by atoms with van der Waals surface area (Å²) < 4.78 is 33.0. The van der Waals surface area contributed by atoms with Crippen LogP contribution in [-0.4, -0.2) is 69.6 Å². The second kappa shape index (κ2) is 14.7. The lowest BCUT2D eigenvalue weighted by atomic mass is 9.92. The number of benzene rings is 2. The second-order valence-corrected chi connectivity index (χ2v) is 11.1. The standard InChI is InChI=1S/C27H39N3O4S.ClH/c1-4-28-26-20-23(27(31)34-5-2)16-18-30(26)19-17-24(22-12-8-6-9-13-22)21-29(3)35(32,33)25-14-10-7-11-15-25;/h6-15,23-24,26,28H,4-5,16-21H2,1-3H3;1H/t23?,24-,26-;/m0./s1. The van der Waals surface area contributed by atoms with E-state index in [1.54, 1.807) is 31.3 Å². The van der Waals surface area contributed by atoms with E-state index in [0.29, 0.717) is 18.0 Å². The first-order valence-electron chi connectivity index (χ1n) is 12.6. The maximum atomic E-state index is 13.2. The van der Waals surface area contributed by atoms with E-state index in [-0.39, 0.29) is 36.4 Å². The van der Waals surface area contributed by atoms with E-state index in [9.17, 15) is 13.2 Å². The summed E-state index contributed by atoms with van der Waals surface area (Å²) in [4.78, 5) is 15.0. The van der Waals surface area contributed by atoms with Gasteiger partial charge in [0.2, 0.25) is 10.0 Å². The van der Waals surface area contributed by atoms with Crippen molar-refractivity contribution in [2.45, 2.75) is 50.1 Å². The topological polar surface area (TPSA) is 79.0 Å². The van der Waals surface area contributed by atoms with Crippen molar-refractivity contribution in [1.29, 1.82) is 0 Å². The molecule has 1 aliphatic rings. The number of nitrogens with zero attached hydrogens (tertiary/aromatic N) is 2. The van der Waals surface area contributed by atoms with Crippen molar-refractivity contribution in [2.75, 3.05) is 39.8 Å². The Bertz CT molecular complexity index is 1020. The Morgan fingerprint density at radius 2 is 1.75 bits per heavy atom. The van der Waals surface area contributed by atoms with Crippen molar-refractivity contribution >= 4 is 28.4 Å². The summed E-state index contributed by atoms with van der Waals surface area (Å²) in [6.07, 6.45) is 2.42. The van der Waals surface area contributed by atoms with Crippen LogP contribution in [0, 0.1) is 5.92 Å². The number of nitrogens with one attached hydrogen (secondary N) is 1. The monoisotopic (exact) mass is 537 g/mol. The van der Waals surface area contributed by atoms with Crippen LogP contribution in [0.5, 0.6) is 0 Å². The zero-order valence-electron chi connectivity index (χ0n) is 21.5. The molecule has 3 atom stereocenters. The third-order valence-corrected chi connectivity index (χ3v) is 8.58. The second-order valence-electron chi connectivity index (χ2n) is 9.08. The minimum Gasteiger partial charge on any atom is -0.466 e. The molecule has 200 valence electrons. The molecular weight excluding hydrogens is 498 g/mol. The molecule has 7 nitrogen and oxygen atoms in total. The van der Waals surface area contributed by atoms with Crippen molar-refractivity contribution in [1.82, 2.24) is 14.5 Å². The predicted molar refractivity (Wildman–Crippen MR) is 146 cm³/mol. The molecule has 1 heterocycles. The lowest BCUT2D eigenvalue weighted by molar-refractivity contribution is -0.150. The molecule has 0 radical (unpaired) electrons. The van der Waals surface area contributed by atoms with Crippen LogP contribution in [0.1, 0.15) is 44.6 Å². The average Bonchev–Trinajstić information content (AvgIpc) is 2.88. The number of carbonyl (C=O) groups is 1. The Kier molecular flexibility index (Phi) is 12.3. The van der Waals surface area contributed by atoms with E-state index >= 15 is 0 Å². The number of esters is 1. The summed E-state index contributed by atoms with van der Waals surface area (Å²) in [5.41, 5.74) is 1.13. The number of piperidine rings is 1. The maximum Gasteiger partial charge on any atom is 0.309 e. The SMILES string of the molecule is CCN[C@@H]1CC(C(=O)OCC)CCN1CC[C@@H](CN(C)S(=O)(=O)c1ccccc1)c1ccccc1.Cl. The molecule has 0 amide bonds. The molecular formula is C27H40ClN3O4S. The summed E-state index contributed by atoms with van der Waals surface area (Å²) >= 11 is 0. The van der Waals surface area contributed by atoms with Gasteiger partial charge in [-0.05, 0) is 56.3 Å². The van der Waals surface area contributed by atoms with Crippen LogP contribution in [0.15, 0.2) is 65.6 Å². The molecule has 2 aromatic carbocycles. The number of ether oxygens (including phenoxy) is 1. The summed E-state index contributed by atoms with van der Waals surface area (Å²) in [6, 6.07) is 18.7. The van der Waals surface area contributed by atoms with Crippen LogP contribution >= 0.6 is 12.4 Å². The van der Waals surface area contributed by atoms with Crippen molar-refractivity contribution in [3.63, 3.8) is 0 Å². The third-order valence-electron chi connectivity index (χ3n) is 6.74. The Balaban J connectivity index is 0.00000456. The first-order valence-corrected chi connectivity index (χ1v) is 14.0. The van der Waals surface area contributed by atoms with Crippen LogP contribution in [0.2, 0.25) is 0 Å². The minimum absolute atomic E-state index is 0. The lowest BCUT2D eigenvalue weighted by Gasteiger charge is -2.39. The van der Waals surface area contributed by atoms with Crippen molar-refractivity contribution < 1.29 is 17.9 Å². The van der Waals surface area contributed by atoms with Gasteiger partial charge in [-0.3, -0.25) is 9.69 Å². The fourth-order valence-corrected chi connectivity index (χ4v) is 6.03. The van der Waals surface area contributed by atoms with Crippen LogP contribution in [0.25, 0.3) is 0 Å². The highest BCUT2D eigenvalue weighted by Gasteiger charge is 2.33. The van der Waals surface area contributed by atoms with Gasteiger partial charge in [-0.1, -0.05) is 55.5 Å². The molecule has 9 heteroatoms. The Morgan fingerprint density at radius 1 is 1.11 bits per heavy atom. The normalized spacial score (nSPS) is 19.4. The molecule has 1 saturated heterocycles. The van der Waals surface area contributed by atoms with E-state index in [1.807, 2.05) is 31.2 Å². The van der Waals surface area contributed by atoms with Crippen molar-refractivity contribution in [3.05, 3.63) is 66.2 Å². The van der Waals surface area contributed by atoms with Crippen molar-refractivity contribution in [3.8, 4) is 0 Å². The fraction of sp³-hybridized carbons (Fsp3) is 0.519. The summed E-state index contributed by atoms with van der Waals surface area (Å²) in [7, 11) is -1.91. The molecule has 1 unspecified atom stereocenters. The number of rotatable bonds is 12. The molecule has 0 saturated carbocycles. The lowest BCUT2D eigenvalue weighted by Crippen LogP contribution is -2.52. The van der Waals surface area contributed by atoms with E-state index in [4.69, 9.17) is 4.74 Å². The summed E-state index contributed by atoms with van der Waals surface area (Å²) in [6.45, 7) is 7.15. The van der Waals surface area contributed by atoms with E-state index in [0.717, 1.165) is 44.5 Å². The molecule has 1 fully saturated rings. The van der Waals surface area contributed by atoms with Gasteiger partial charge in [0.1, 0.15) is 0 Å². The number of likely N-dealkylation sites (tertiary alicyclic amines) is 1. The quantitative estimate of drug-likeness (QED) is 0.410. The largest absolute Gasteiger partial charge is 0.466 e. The number of sulfonamides is 1. The van der Waals surface area contributed by atoms with Crippen LogP contribution in [-0.2, 0) is 19.6 Å². The first kappa shape index (κ1) is 30.3. The van der Waals surface area contributed by atoms with E-state index in [2.05, 4.69) is 29.3 Å². The molecule has 0 spiro atoms. The third kappa shape index (κ3) is 8.02. The first-order chi connectivity index (χ1) is 16.9. The summed E-state index contributed by atoms with van der Waals surface area (Å²) in [5, 5.41) is 3.52. The predicted octanol–water partition coefficient (Wildman–Crippen LogP) is 4.11. The van der Waals surface area contributed by atoms with Gasteiger partial charge in [0.05, 0.1) is 23.6 Å². The molecule has 0 aliphatic carbocycles. The van der Waals surface area contributed by atoms with Gasteiger partial charge < -0.3 is 10.1 Å². The number of hydrogen-bond acceptors (Lipinski definition) is 6. The zero-order chi connectivity index (χ0) is 25.3. The van der Waals surface area contributed by atoms with Gasteiger partial charge >= 0.3 is 5.97 Å². The van der Waals surface area contributed by atoms with E-state index < -0.39 is 10.0 Å². The number of hydrogen-bond donors (Lipinski definition) is 1. The van der Waals surface area contributed by atoms with Crippen LogP contribution in [0.4, 0.5) is 0 Å². The van der Waals surface area contributed by atoms with Crippen molar-refractivity contribution in [2.24, 2.45) is 5.92 Å². The minimum atomic E-state index is -3.57. The van der Waals surface area contributed by atoms with Gasteiger partial charge in [0, 0.05) is 26.7 Å². The van der Waals surface area contributed by atoms with Crippen LogP contribution in [0.3, 0.4) is 0 Å². The molecule has 1 N–H and O–H groups in total. The molecule has 3 rings (SSSR count). The zero-order valence-corrected chi connectivity index (χ0v) is 23.1. The van der Waals surface area contributed by atoms with Gasteiger partial charge in [-0.25, -0.2) is 12.7 Å².